The van der Waals surface area contributed by atoms with Crippen LogP contribution in [0.25, 0.3) is 10.1 Å². The second kappa shape index (κ2) is 10.1. The van der Waals surface area contributed by atoms with Gasteiger partial charge in [0.25, 0.3) is 0 Å². The Morgan fingerprint density at radius 2 is 1.81 bits per heavy atom. The number of nitrogens with zero attached hydrogens (tertiary/aromatic N) is 1. The summed E-state index contributed by atoms with van der Waals surface area (Å²) in [5.74, 6) is -2.15. The van der Waals surface area contributed by atoms with E-state index in [0.29, 0.717) is 10.6 Å². The standard InChI is InChI=1S/C23H16ClF4N3O4S2/c1-37(32,33)31-14-2-5-20-12(6-14)7-21(36-20)22(29)30-15-8-13(24)9-17(10-15)34-16-3-4-18(25)19(11-16)35-23(26,27)28/h2-11,31H,1H3,(H2,29,30). The topological polar surface area (TPSA) is 103 Å². The quantitative estimate of drug-likeness (QED) is 0.144. The van der Waals surface area contributed by atoms with Crippen LogP contribution in [0.5, 0.6) is 17.2 Å². The first-order valence-corrected chi connectivity index (χ1v) is 13.2. The molecule has 7 nitrogen and oxygen atoms in total. The van der Waals surface area contributed by atoms with Crippen LogP contribution in [-0.2, 0) is 10.0 Å². The van der Waals surface area contributed by atoms with E-state index in [-0.39, 0.29) is 28.0 Å². The van der Waals surface area contributed by atoms with Crippen molar-refractivity contribution in [2.75, 3.05) is 11.0 Å². The van der Waals surface area contributed by atoms with E-state index < -0.39 is 28.0 Å². The van der Waals surface area contributed by atoms with E-state index >= 15 is 0 Å². The minimum Gasteiger partial charge on any atom is -0.457 e. The van der Waals surface area contributed by atoms with Gasteiger partial charge in [0.1, 0.15) is 17.3 Å². The van der Waals surface area contributed by atoms with Crippen molar-refractivity contribution in [3.05, 3.63) is 76.4 Å². The van der Waals surface area contributed by atoms with Gasteiger partial charge in [0.15, 0.2) is 11.6 Å². The summed E-state index contributed by atoms with van der Waals surface area (Å²) in [5, 5.41) is 0.945. The highest BCUT2D eigenvalue weighted by Crippen LogP contribution is 2.35. The van der Waals surface area contributed by atoms with Crippen LogP contribution >= 0.6 is 22.9 Å². The molecule has 14 heteroatoms. The van der Waals surface area contributed by atoms with Crippen molar-refractivity contribution in [2.45, 2.75) is 6.36 Å². The fourth-order valence-electron chi connectivity index (χ4n) is 3.20. The third kappa shape index (κ3) is 7.24. The Bertz CT molecular complexity index is 1620. The fraction of sp³-hybridized carbons (Fsp3) is 0.0870. The Balaban J connectivity index is 1.59. The summed E-state index contributed by atoms with van der Waals surface area (Å²) in [6.07, 6.45) is -4.03. The van der Waals surface area contributed by atoms with Gasteiger partial charge in [-0.1, -0.05) is 11.6 Å². The lowest BCUT2D eigenvalue weighted by molar-refractivity contribution is -0.275. The molecule has 0 aliphatic carbocycles. The van der Waals surface area contributed by atoms with E-state index in [1.165, 1.54) is 29.5 Å². The summed E-state index contributed by atoms with van der Waals surface area (Å²) < 4.78 is 86.6. The lowest BCUT2D eigenvalue weighted by Gasteiger charge is -2.12. The normalized spacial score (nSPS) is 12.5. The molecule has 0 atom stereocenters. The maximum atomic E-state index is 13.7. The van der Waals surface area contributed by atoms with E-state index in [2.05, 4.69) is 14.5 Å². The number of fused-ring (bicyclic) bond motifs is 1. The van der Waals surface area contributed by atoms with Crippen molar-refractivity contribution in [3.63, 3.8) is 0 Å². The summed E-state index contributed by atoms with van der Waals surface area (Å²) in [4.78, 5) is 4.94. The third-order valence-electron chi connectivity index (χ3n) is 4.54. The van der Waals surface area contributed by atoms with Crippen LogP contribution in [0.2, 0.25) is 5.02 Å². The van der Waals surface area contributed by atoms with Crippen LogP contribution in [0, 0.1) is 5.82 Å². The van der Waals surface area contributed by atoms with E-state index in [1.807, 2.05) is 0 Å². The Kier molecular flexibility index (Phi) is 7.22. The van der Waals surface area contributed by atoms with Gasteiger partial charge in [-0.25, -0.2) is 17.8 Å². The maximum absolute atomic E-state index is 13.7. The predicted octanol–water partition coefficient (Wildman–Crippen LogP) is 6.79. The first-order valence-electron chi connectivity index (χ1n) is 10.1. The van der Waals surface area contributed by atoms with Crippen LogP contribution in [0.1, 0.15) is 4.88 Å². The third-order valence-corrected chi connectivity index (χ3v) is 6.50. The van der Waals surface area contributed by atoms with Gasteiger partial charge >= 0.3 is 6.36 Å². The minimum absolute atomic E-state index is 0.108. The second-order valence-corrected chi connectivity index (χ2v) is 10.9. The van der Waals surface area contributed by atoms with Crippen LogP contribution in [-0.4, -0.2) is 26.9 Å². The molecule has 0 fully saturated rings. The van der Waals surface area contributed by atoms with E-state index in [9.17, 15) is 26.0 Å². The Morgan fingerprint density at radius 3 is 2.51 bits per heavy atom. The summed E-state index contributed by atoms with van der Waals surface area (Å²) in [6, 6.07) is 13.7. The molecule has 1 aromatic heterocycles. The number of aliphatic imine (C=N–C) groups is 1. The van der Waals surface area contributed by atoms with Crippen molar-refractivity contribution in [1.82, 2.24) is 0 Å². The number of amidine groups is 1. The van der Waals surface area contributed by atoms with Crippen molar-refractivity contribution < 1.29 is 35.5 Å². The lowest BCUT2D eigenvalue weighted by atomic mass is 10.2. The van der Waals surface area contributed by atoms with Gasteiger partial charge < -0.3 is 15.2 Å². The van der Waals surface area contributed by atoms with E-state index in [0.717, 1.165) is 34.5 Å². The molecular weight excluding hydrogens is 558 g/mol. The number of alkyl halides is 3. The van der Waals surface area contributed by atoms with Crippen molar-refractivity contribution >= 4 is 60.3 Å². The summed E-state index contributed by atoms with van der Waals surface area (Å²) >= 11 is 7.48. The highest BCUT2D eigenvalue weighted by atomic mass is 35.5. The molecule has 0 spiro atoms. The molecule has 1 heterocycles. The minimum atomic E-state index is -5.08. The number of nitrogens with one attached hydrogen (secondary N) is 1. The van der Waals surface area contributed by atoms with Crippen LogP contribution < -0.4 is 19.9 Å². The Hall–Kier alpha value is -3.55. The molecule has 194 valence electrons. The van der Waals surface area contributed by atoms with Gasteiger partial charge in [0.05, 0.1) is 16.8 Å². The van der Waals surface area contributed by atoms with Gasteiger partial charge in [0.2, 0.25) is 10.0 Å². The number of anilines is 1. The van der Waals surface area contributed by atoms with Gasteiger partial charge in [-0.05, 0) is 53.9 Å². The summed E-state index contributed by atoms with van der Waals surface area (Å²) in [7, 11) is -3.43. The molecule has 3 aromatic carbocycles. The number of thiophene rings is 1. The molecule has 0 saturated carbocycles. The number of nitrogens with two attached hydrogens (primary N) is 1. The highest BCUT2D eigenvalue weighted by molar-refractivity contribution is 7.92. The zero-order valence-corrected chi connectivity index (χ0v) is 21.0. The number of hydrogen-bond donors (Lipinski definition) is 2. The molecular formula is C23H16ClF4N3O4S2. The average molecular weight is 574 g/mol. The number of halogens is 5. The maximum Gasteiger partial charge on any atom is 0.573 e. The average Bonchev–Trinajstić information content (AvgIpc) is 3.17. The monoisotopic (exact) mass is 573 g/mol. The zero-order chi connectivity index (χ0) is 27.0. The van der Waals surface area contributed by atoms with E-state index in [4.69, 9.17) is 22.1 Å². The second-order valence-electron chi connectivity index (χ2n) is 7.62. The van der Waals surface area contributed by atoms with E-state index in [1.54, 1.807) is 24.3 Å². The fourth-order valence-corrected chi connectivity index (χ4v) is 4.92. The largest absolute Gasteiger partial charge is 0.573 e. The summed E-state index contributed by atoms with van der Waals surface area (Å²) in [5.41, 5.74) is 6.86. The van der Waals surface area contributed by atoms with Gasteiger partial charge in [-0.2, -0.15) is 0 Å². The van der Waals surface area contributed by atoms with Crippen LogP contribution in [0.3, 0.4) is 0 Å². The number of rotatable bonds is 7. The molecule has 0 bridgehead atoms. The first-order chi connectivity index (χ1) is 17.2. The number of sulfonamides is 1. The molecule has 0 radical (unpaired) electrons. The predicted molar refractivity (Wildman–Crippen MR) is 135 cm³/mol. The first kappa shape index (κ1) is 26.5. The van der Waals surface area contributed by atoms with Crippen molar-refractivity contribution in [3.8, 4) is 17.2 Å². The molecule has 4 rings (SSSR count). The molecule has 0 saturated heterocycles. The molecule has 0 aliphatic rings. The van der Waals surface area contributed by atoms with Crippen LogP contribution in [0.4, 0.5) is 28.9 Å². The molecule has 4 aromatic rings. The smallest absolute Gasteiger partial charge is 0.457 e. The molecule has 0 aliphatic heterocycles. The summed E-state index contributed by atoms with van der Waals surface area (Å²) in [6.45, 7) is 0. The van der Waals surface area contributed by atoms with Gasteiger partial charge in [0, 0.05) is 27.5 Å². The number of hydrogen-bond acceptors (Lipinski definition) is 6. The van der Waals surface area contributed by atoms with Crippen LogP contribution in [0.15, 0.2) is 65.7 Å². The van der Waals surface area contributed by atoms with Crippen molar-refractivity contribution in [1.29, 1.82) is 0 Å². The molecule has 0 unspecified atom stereocenters. The zero-order valence-electron chi connectivity index (χ0n) is 18.6. The lowest BCUT2D eigenvalue weighted by Crippen LogP contribution is -2.17. The molecule has 0 amide bonds. The number of benzene rings is 3. The molecule has 37 heavy (non-hydrogen) atoms. The van der Waals surface area contributed by atoms with Crippen molar-refractivity contribution in [2.24, 2.45) is 10.7 Å². The molecule has 3 N–H and O–H groups in total. The van der Waals surface area contributed by atoms with Gasteiger partial charge in [-0.15, -0.1) is 24.5 Å². The van der Waals surface area contributed by atoms with Gasteiger partial charge in [-0.3, -0.25) is 4.72 Å². The Morgan fingerprint density at radius 1 is 1.05 bits per heavy atom. The number of ether oxygens (including phenoxy) is 2. The Labute approximate surface area is 217 Å². The SMILES string of the molecule is CS(=O)(=O)Nc1ccc2sc(C(N)=Nc3cc(Cl)cc(Oc4ccc(F)c(OC(F)(F)F)c4)c3)cc2c1. The highest BCUT2D eigenvalue weighted by Gasteiger charge is 2.32.